The van der Waals surface area contributed by atoms with Gasteiger partial charge in [0.2, 0.25) is 0 Å². The Morgan fingerprint density at radius 1 is 1.44 bits per heavy atom. The lowest BCUT2D eigenvalue weighted by Gasteiger charge is -2.15. The molecule has 0 bridgehead atoms. The van der Waals surface area contributed by atoms with E-state index >= 15 is 0 Å². The second kappa shape index (κ2) is 7.39. The highest BCUT2D eigenvalue weighted by Crippen LogP contribution is 2.24. The molecule has 0 saturated carbocycles. The van der Waals surface area contributed by atoms with Crippen LogP contribution in [0.4, 0.5) is 0 Å². The standard InChI is InChI=1S/C14H20ClNOS/c1-11(9-16-10-13-3-2-8-17-13)18-14-6-4-12(15)5-7-14/h4-7,11,13,16H,2-3,8-10H2,1H3. The minimum absolute atomic E-state index is 0.428. The van der Waals surface area contributed by atoms with Gasteiger partial charge in [0.25, 0.3) is 0 Å². The van der Waals surface area contributed by atoms with Gasteiger partial charge in [-0.3, -0.25) is 0 Å². The van der Waals surface area contributed by atoms with E-state index in [9.17, 15) is 0 Å². The Kier molecular flexibility index (Phi) is 5.83. The highest BCUT2D eigenvalue weighted by molar-refractivity contribution is 8.00. The van der Waals surface area contributed by atoms with Crippen molar-refractivity contribution in [3.8, 4) is 0 Å². The maximum Gasteiger partial charge on any atom is 0.0700 e. The first-order valence-corrected chi connectivity index (χ1v) is 7.74. The highest BCUT2D eigenvalue weighted by Gasteiger charge is 2.15. The zero-order chi connectivity index (χ0) is 12.8. The molecule has 1 heterocycles. The first-order chi connectivity index (χ1) is 8.74. The van der Waals surface area contributed by atoms with Crippen LogP contribution in [0.3, 0.4) is 0 Å². The molecular formula is C14H20ClNOS. The molecule has 1 aromatic rings. The number of halogens is 1. The summed E-state index contributed by atoms with van der Waals surface area (Å²) in [5, 5.41) is 4.83. The van der Waals surface area contributed by atoms with Gasteiger partial charge in [-0.15, -0.1) is 11.8 Å². The van der Waals surface area contributed by atoms with Gasteiger partial charge in [0, 0.05) is 34.9 Å². The molecule has 0 aromatic heterocycles. The number of rotatable bonds is 6. The van der Waals surface area contributed by atoms with Gasteiger partial charge < -0.3 is 10.1 Å². The average Bonchev–Trinajstić information content (AvgIpc) is 2.85. The average molecular weight is 286 g/mol. The van der Waals surface area contributed by atoms with Gasteiger partial charge in [0.15, 0.2) is 0 Å². The van der Waals surface area contributed by atoms with Crippen molar-refractivity contribution in [3.05, 3.63) is 29.3 Å². The summed E-state index contributed by atoms with van der Waals surface area (Å²) in [6.07, 6.45) is 2.84. The van der Waals surface area contributed by atoms with Gasteiger partial charge in [-0.25, -0.2) is 0 Å². The van der Waals surface area contributed by atoms with Crippen molar-refractivity contribution >= 4 is 23.4 Å². The normalized spacial score (nSPS) is 21.1. The lowest BCUT2D eigenvalue weighted by molar-refractivity contribution is 0.110. The van der Waals surface area contributed by atoms with E-state index in [4.69, 9.17) is 16.3 Å². The van der Waals surface area contributed by atoms with Crippen molar-refractivity contribution in [3.63, 3.8) is 0 Å². The summed E-state index contributed by atoms with van der Waals surface area (Å²) in [7, 11) is 0. The molecule has 1 aliphatic rings. The lowest BCUT2D eigenvalue weighted by atomic mass is 10.2. The molecule has 18 heavy (non-hydrogen) atoms. The summed E-state index contributed by atoms with van der Waals surface area (Å²) in [5.41, 5.74) is 0. The minimum Gasteiger partial charge on any atom is -0.377 e. The van der Waals surface area contributed by atoms with Gasteiger partial charge in [-0.05, 0) is 37.1 Å². The molecule has 0 spiro atoms. The molecule has 1 aliphatic heterocycles. The fourth-order valence-electron chi connectivity index (χ4n) is 2.04. The largest absolute Gasteiger partial charge is 0.377 e. The molecule has 2 rings (SSSR count). The predicted molar refractivity (Wildman–Crippen MR) is 78.6 cm³/mol. The Morgan fingerprint density at radius 3 is 2.89 bits per heavy atom. The Morgan fingerprint density at radius 2 is 2.22 bits per heavy atom. The van der Waals surface area contributed by atoms with Crippen LogP contribution in [0.2, 0.25) is 5.02 Å². The summed E-state index contributed by atoms with van der Waals surface area (Å²) in [4.78, 5) is 1.27. The Hall–Kier alpha value is -0.220. The van der Waals surface area contributed by atoms with Crippen LogP contribution in [0.1, 0.15) is 19.8 Å². The predicted octanol–water partition coefficient (Wildman–Crippen LogP) is 3.59. The molecule has 4 heteroatoms. The SMILES string of the molecule is CC(CNCC1CCCO1)Sc1ccc(Cl)cc1. The van der Waals surface area contributed by atoms with Crippen LogP contribution in [0, 0.1) is 0 Å². The van der Waals surface area contributed by atoms with Crippen LogP contribution in [0.5, 0.6) is 0 Å². The number of ether oxygens (including phenoxy) is 1. The van der Waals surface area contributed by atoms with Crippen molar-refractivity contribution in [2.24, 2.45) is 0 Å². The monoisotopic (exact) mass is 285 g/mol. The van der Waals surface area contributed by atoms with Crippen molar-refractivity contribution in [1.29, 1.82) is 0 Å². The van der Waals surface area contributed by atoms with E-state index in [1.807, 2.05) is 23.9 Å². The lowest BCUT2D eigenvalue weighted by Crippen LogP contribution is -2.30. The van der Waals surface area contributed by atoms with Gasteiger partial charge in [-0.1, -0.05) is 18.5 Å². The summed E-state index contributed by atoms with van der Waals surface area (Å²) in [5.74, 6) is 0. The third-order valence-corrected chi connectivity index (χ3v) is 4.34. The van der Waals surface area contributed by atoms with E-state index in [0.29, 0.717) is 11.4 Å². The molecule has 1 fully saturated rings. The van der Waals surface area contributed by atoms with Crippen molar-refractivity contribution in [2.75, 3.05) is 19.7 Å². The van der Waals surface area contributed by atoms with Crippen LogP contribution in [0.25, 0.3) is 0 Å². The molecule has 2 atom stereocenters. The smallest absolute Gasteiger partial charge is 0.0700 e. The third kappa shape index (κ3) is 4.81. The van der Waals surface area contributed by atoms with E-state index in [0.717, 1.165) is 24.7 Å². The summed E-state index contributed by atoms with van der Waals surface area (Å²) < 4.78 is 5.58. The van der Waals surface area contributed by atoms with E-state index in [1.54, 1.807) is 0 Å². The maximum atomic E-state index is 5.87. The molecule has 2 nitrogen and oxygen atoms in total. The molecule has 1 saturated heterocycles. The van der Waals surface area contributed by atoms with Crippen LogP contribution in [0.15, 0.2) is 29.2 Å². The van der Waals surface area contributed by atoms with Gasteiger partial charge in [0.1, 0.15) is 0 Å². The van der Waals surface area contributed by atoms with Crippen LogP contribution in [-0.2, 0) is 4.74 Å². The Balaban J connectivity index is 1.65. The first kappa shape index (κ1) is 14.2. The summed E-state index contributed by atoms with van der Waals surface area (Å²) >= 11 is 7.74. The fourth-order valence-corrected chi connectivity index (χ4v) is 3.13. The zero-order valence-electron chi connectivity index (χ0n) is 10.7. The summed E-state index contributed by atoms with van der Waals surface area (Å²) in [6, 6.07) is 8.03. The molecule has 1 N–H and O–H groups in total. The highest BCUT2D eigenvalue weighted by atomic mass is 35.5. The second-order valence-corrected chi connectivity index (χ2v) is 6.62. The maximum absolute atomic E-state index is 5.87. The first-order valence-electron chi connectivity index (χ1n) is 6.48. The van der Waals surface area contributed by atoms with Gasteiger partial charge in [0.05, 0.1) is 6.10 Å². The van der Waals surface area contributed by atoms with Gasteiger partial charge >= 0.3 is 0 Å². The topological polar surface area (TPSA) is 21.3 Å². The molecule has 0 aliphatic carbocycles. The van der Waals surface area contributed by atoms with Crippen LogP contribution < -0.4 is 5.32 Å². The molecule has 1 aromatic carbocycles. The number of thioether (sulfide) groups is 1. The molecule has 2 unspecified atom stereocenters. The molecule has 100 valence electrons. The minimum atomic E-state index is 0.428. The van der Waals surface area contributed by atoms with Crippen molar-refractivity contribution in [2.45, 2.75) is 36.0 Å². The zero-order valence-corrected chi connectivity index (χ0v) is 12.3. The van der Waals surface area contributed by atoms with Crippen LogP contribution >= 0.6 is 23.4 Å². The van der Waals surface area contributed by atoms with Crippen LogP contribution in [-0.4, -0.2) is 31.1 Å². The molecule has 0 amide bonds. The van der Waals surface area contributed by atoms with E-state index < -0.39 is 0 Å². The Bertz CT molecular complexity index is 351. The quantitative estimate of drug-likeness (QED) is 0.807. The van der Waals surface area contributed by atoms with Crippen molar-refractivity contribution < 1.29 is 4.74 Å². The number of hydrogen-bond acceptors (Lipinski definition) is 3. The second-order valence-electron chi connectivity index (χ2n) is 4.68. The third-order valence-electron chi connectivity index (χ3n) is 2.98. The number of hydrogen-bond donors (Lipinski definition) is 1. The summed E-state index contributed by atoms with van der Waals surface area (Å²) in [6.45, 7) is 5.15. The number of nitrogens with one attached hydrogen (secondary N) is 1. The van der Waals surface area contributed by atoms with E-state index in [-0.39, 0.29) is 0 Å². The van der Waals surface area contributed by atoms with Gasteiger partial charge in [-0.2, -0.15) is 0 Å². The van der Waals surface area contributed by atoms with E-state index in [1.165, 1.54) is 17.7 Å². The van der Waals surface area contributed by atoms with Crippen molar-refractivity contribution in [1.82, 2.24) is 5.32 Å². The van der Waals surface area contributed by atoms with E-state index in [2.05, 4.69) is 24.4 Å². The Labute approximate surface area is 118 Å². The molecular weight excluding hydrogens is 266 g/mol. The molecule has 0 radical (unpaired) electrons. The number of benzene rings is 1. The fraction of sp³-hybridized carbons (Fsp3) is 0.571.